The van der Waals surface area contributed by atoms with Crippen molar-refractivity contribution in [1.82, 2.24) is 0 Å². The average Bonchev–Trinajstić information content (AvgIpc) is 1.98. The summed E-state index contributed by atoms with van der Waals surface area (Å²) in [5.41, 5.74) is 9.70. The Bertz CT molecular complexity index is 254. The van der Waals surface area contributed by atoms with Gasteiger partial charge in [0.25, 0.3) is 19.5 Å². The fraction of sp³-hybridized carbons (Fsp3) is 0.429. The lowest BCUT2D eigenvalue weighted by Crippen LogP contribution is -2.20. The largest absolute Gasteiger partial charge is 0.481 e. The summed E-state index contributed by atoms with van der Waals surface area (Å²) in [6, 6.07) is 0. The lowest BCUT2D eigenvalue weighted by molar-refractivity contribution is -0.135. The molecule has 0 aromatic carbocycles. The van der Waals surface area contributed by atoms with E-state index < -0.39 is 25.2 Å². The van der Waals surface area contributed by atoms with Crippen molar-refractivity contribution in [3.63, 3.8) is 0 Å². The van der Waals surface area contributed by atoms with E-state index in [-0.39, 0.29) is 0 Å². The number of carbonyl (C=O) groups is 2. The fourth-order valence-electron chi connectivity index (χ4n) is 0.151. The molecule has 0 spiro atoms. The summed E-state index contributed by atoms with van der Waals surface area (Å²) in [7, 11) is -3.60. The summed E-state index contributed by atoms with van der Waals surface area (Å²) in [5, 5.41) is 14.8. The zero-order chi connectivity index (χ0) is 13.9. The van der Waals surface area contributed by atoms with Crippen LogP contribution in [-0.4, -0.2) is 32.8 Å². The van der Waals surface area contributed by atoms with E-state index in [0.29, 0.717) is 0 Å². The van der Waals surface area contributed by atoms with Crippen LogP contribution in [-0.2, 0) is 14.2 Å². The summed E-state index contributed by atoms with van der Waals surface area (Å²) < 4.78 is 10.3. The van der Waals surface area contributed by atoms with E-state index in [4.69, 9.17) is 35.9 Å². The second-order valence-corrected chi connectivity index (χ2v) is 4.38. The number of rotatable bonds is 2. The van der Waals surface area contributed by atoms with Crippen molar-refractivity contribution in [3.8, 4) is 0 Å². The standard InChI is InChI=1S/C3H9N2O2P.2C2H4O2/c1-2-3(4)8(5,6)7;2*1-2(3)4/h2-3H,1,4H2,(H3,5,6,7);2*1H3,(H,3,4). The third-order valence-electron chi connectivity index (χ3n) is 0.669. The van der Waals surface area contributed by atoms with Crippen LogP contribution in [0.4, 0.5) is 0 Å². The van der Waals surface area contributed by atoms with Gasteiger partial charge in [0, 0.05) is 13.8 Å². The number of carboxylic acid groups (broad SMARTS) is 2. The molecule has 0 aliphatic heterocycles. The highest BCUT2D eigenvalue weighted by molar-refractivity contribution is 7.56. The Labute approximate surface area is 93.1 Å². The van der Waals surface area contributed by atoms with Crippen LogP contribution in [0.5, 0.6) is 0 Å². The lowest BCUT2D eigenvalue weighted by atomic mass is 10.7. The molecule has 0 rings (SSSR count). The number of hydrogen-bond donors (Lipinski definition) is 5. The van der Waals surface area contributed by atoms with Gasteiger partial charge in [-0.2, -0.15) is 0 Å². The molecule has 0 bridgehead atoms. The van der Waals surface area contributed by atoms with Crippen molar-refractivity contribution in [2.24, 2.45) is 11.2 Å². The highest BCUT2D eigenvalue weighted by Crippen LogP contribution is 2.33. The summed E-state index contributed by atoms with van der Waals surface area (Å²) in [6.07, 6.45) is 1.14. The molecule has 0 saturated carbocycles. The van der Waals surface area contributed by atoms with E-state index in [1.165, 1.54) is 0 Å². The molecule has 7 N–H and O–H groups in total. The van der Waals surface area contributed by atoms with Gasteiger partial charge in [-0.05, 0) is 0 Å². The quantitative estimate of drug-likeness (QED) is 0.334. The van der Waals surface area contributed by atoms with Crippen LogP contribution < -0.4 is 11.2 Å². The van der Waals surface area contributed by atoms with Gasteiger partial charge in [0.05, 0.1) is 0 Å². The highest BCUT2D eigenvalue weighted by Gasteiger charge is 2.17. The van der Waals surface area contributed by atoms with Crippen LogP contribution in [0.1, 0.15) is 13.8 Å². The van der Waals surface area contributed by atoms with Crippen LogP contribution in [0, 0.1) is 0 Å². The van der Waals surface area contributed by atoms with E-state index >= 15 is 0 Å². The zero-order valence-corrected chi connectivity index (χ0v) is 9.92. The van der Waals surface area contributed by atoms with Crippen molar-refractivity contribution < 1.29 is 29.3 Å². The Balaban J connectivity index is -0.000000179. The normalized spacial score (nSPS) is 13.8. The minimum Gasteiger partial charge on any atom is -0.481 e. The molecular formula is C7H17N2O6P. The van der Waals surface area contributed by atoms with Crippen LogP contribution in [0.3, 0.4) is 0 Å². The number of carboxylic acids is 2. The summed E-state index contributed by atoms with van der Waals surface area (Å²) in [6.45, 7) is 5.36. The second-order valence-electron chi connectivity index (χ2n) is 2.44. The van der Waals surface area contributed by atoms with Crippen LogP contribution in [0.15, 0.2) is 12.7 Å². The van der Waals surface area contributed by atoms with E-state index in [2.05, 4.69) is 6.58 Å². The molecule has 0 aliphatic rings. The molecular weight excluding hydrogens is 239 g/mol. The molecule has 0 amide bonds. The second kappa shape index (κ2) is 10.3. The monoisotopic (exact) mass is 256 g/mol. The van der Waals surface area contributed by atoms with Gasteiger partial charge < -0.3 is 20.8 Å². The number of nitrogens with two attached hydrogens (primary N) is 2. The maximum atomic E-state index is 10.3. The Morgan fingerprint density at radius 2 is 1.50 bits per heavy atom. The van der Waals surface area contributed by atoms with Gasteiger partial charge in [-0.3, -0.25) is 19.7 Å². The summed E-state index contributed by atoms with van der Waals surface area (Å²) in [4.78, 5) is 26.4. The Kier molecular flexibility index (Phi) is 13.0. The fourth-order valence-corrected chi connectivity index (χ4v) is 0.453. The molecule has 0 heterocycles. The molecule has 8 nitrogen and oxygen atoms in total. The predicted molar refractivity (Wildman–Crippen MR) is 58.8 cm³/mol. The maximum absolute atomic E-state index is 10.3. The molecule has 0 aromatic rings. The highest BCUT2D eigenvalue weighted by atomic mass is 31.2. The first-order chi connectivity index (χ1) is 6.95. The minimum atomic E-state index is -3.60. The Morgan fingerprint density at radius 1 is 1.31 bits per heavy atom. The van der Waals surface area contributed by atoms with Crippen LogP contribution >= 0.6 is 7.52 Å². The van der Waals surface area contributed by atoms with Gasteiger partial charge in [0.1, 0.15) is 5.78 Å². The first kappa shape index (κ1) is 20.2. The molecule has 0 aromatic heterocycles. The van der Waals surface area contributed by atoms with Crippen molar-refractivity contribution in [1.29, 1.82) is 0 Å². The minimum absolute atomic E-state index is 0.833. The molecule has 9 heteroatoms. The van der Waals surface area contributed by atoms with Gasteiger partial charge >= 0.3 is 0 Å². The first-order valence-corrected chi connectivity index (χ1v) is 5.63. The Hall–Kier alpha value is -1.21. The van der Waals surface area contributed by atoms with E-state index in [9.17, 15) is 4.57 Å². The van der Waals surface area contributed by atoms with Gasteiger partial charge in [0.2, 0.25) is 0 Å². The van der Waals surface area contributed by atoms with Gasteiger partial charge in [0.15, 0.2) is 0 Å². The molecule has 0 aliphatic carbocycles. The van der Waals surface area contributed by atoms with Crippen molar-refractivity contribution in [2.75, 3.05) is 0 Å². The zero-order valence-electron chi connectivity index (χ0n) is 9.03. The van der Waals surface area contributed by atoms with E-state index in [1.54, 1.807) is 0 Å². The summed E-state index contributed by atoms with van der Waals surface area (Å²) >= 11 is 0. The third kappa shape index (κ3) is 38.6. The number of hydrogen-bond acceptors (Lipinski definition) is 4. The van der Waals surface area contributed by atoms with Crippen molar-refractivity contribution in [3.05, 3.63) is 12.7 Å². The van der Waals surface area contributed by atoms with Gasteiger partial charge in [-0.15, -0.1) is 6.58 Å². The number of aliphatic carboxylic acids is 2. The van der Waals surface area contributed by atoms with E-state index in [0.717, 1.165) is 19.9 Å². The first-order valence-electron chi connectivity index (χ1n) is 3.83. The van der Waals surface area contributed by atoms with Gasteiger partial charge in [-0.1, -0.05) is 6.08 Å². The Morgan fingerprint density at radius 3 is 1.50 bits per heavy atom. The van der Waals surface area contributed by atoms with Crippen molar-refractivity contribution >= 4 is 19.5 Å². The molecule has 0 saturated heterocycles. The molecule has 0 radical (unpaired) electrons. The molecule has 96 valence electrons. The predicted octanol–water partition coefficient (Wildman–Crippen LogP) is -0.217. The van der Waals surface area contributed by atoms with Crippen molar-refractivity contribution in [2.45, 2.75) is 19.6 Å². The third-order valence-corrected chi connectivity index (χ3v) is 1.73. The SMILES string of the molecule is C=CC(N)P(N)(=O)O.CC(=O)O.CC(=O)O. The average molecular weight is 256 g/mol. The van der Waals surface area contributed by atoms with Crippen LogP contribution in [0.25, 0.3) is 0 Å². The summed E-state index contributed by atoms with van der Waals surface area (Å²) in [5.74, 6) is -2.66. The lowest BCUT2D eigenvalue weighted by Gasteiger charge is -2.07. The smallest absolute Gasteiger partial charge is 0.300 e. The molecule has 16 heavy (non-hydrogen) atoms. The maximum Gasteiger partial charge on any atom is 0.300 e. The molecule has 2 atom stereocenters. The topological polar surface area (TPSA) is 164 Å². The van der Waals surface area contributed by atoms with Gasteiger partial charge in [-0.25, -0.2) is 0 Å². The molecule has 2 unspecified atom stereocenters. The van der Waals surface area contributed by atoms with Crippen LogP contribution in [0.2, 0.25) is 0 Å². The van der Waals surface area contributed by atoms with E-state index in [1.807, 2.05) is 0 Å². The molecule has 0 fully saturated rings.